The van der Waals surface area contributed by atoms with Crippen LogP contribution >= 0.6 is 0 Å². The molecule has 0 fully saturated rings. The summed E-state index contributed by atoms with van der Waals surface area (Å²) in [5, 5.41) is 0. The summed E-state index contributed by atoms with van der Waals surface area (Å²) >= 11 is 0. The molecule has 0 amide bonds. The Labute approximate surface area is 102 Å². The zero-order valence-corrected chi connectivity index (χ0v) is 11.4. The molecule has 1 rings (SSSR count). The Kier molecular flexibility index (Phi) is 4.27. The summed E-state index contributed by atoms with van der Waals surface area (Å²) in [6, 6.07) is 2.47. The molecule has 0 radical (unpaired) electrons. The van der Waals surface area contributed by atoms with E-state index in [1.807, 2.05) is 13.8 Å². The maximum Gasteiger partial charge on any atom is 0.241 e. The minimum absolute atomic E-state index is 0.180. The van der Waals surface area contributed by atoms with Gasteiger partial charge in [0.15, 0.2) is 0 Å². The molecule has 96 valence electrons. The van der Waals surface area contributed by atoms with E-state index in [0.29, 0.717) is 17.7 Å². The van der Waals surface area contributed by atoms with Gasteiger partial charge in [0.25, 0.3) is 0 Å². The SMILES string of the molecule is Cc1cc(F)cc(C)c1S(=O)(=O)NCC(C)C. The molecular formula is C12H18FNO2S. The molecule has 0 bridgehead atoms. The van der Waals surface area contributed by atoms with Gasteiger partial charge in [0.05, 0.1) is 4.90 Å². The van der Waals surface area contributed by atoms with Crippen molar-refractivity contribution in [2.75, 3.05) is 6.54 Å². The van der Waals surface area contributed by atoms with E-state index in [9.17, 15) is 12.8 Å². The smallest absolute Gasteiger partial charge is 0.211 e. The molecule has 0 atom stereocenters. The number of aryl methyl sites for hydroxylation is 2. The number of benzene rings is 1. The summed E-state index contributed by atoms with van der Waals surface area (Å²) in [5.74, 6) is -0.186. The van der Waals surface area contributed by atoms with Gasteiger partial charge in [-0.05, 0) is 43.0 Å². The lowest BCUT2D eigenvalue weighted by atomic mass is 10.1. The van der Waals surface area contributed by atoms with Crippen LogP contribution in [0.4, 0.5) is 4.39 Å². The molecule has 0 unspecified atom stereocenters. The Hall–Kier alpha value is -0.940. The minimum Gasteiger partial charge on any atom is -0.211 e. The summed E-state index contributed by atoms with van der Waals surface area (Å²) < 4.78 is 39.7. The lowest BCUT2D eigenvalue weighted by molar-refractivity contribution is 0.558. The Morgan fingerprint density at radius 1 is 1.24 bits per heavy atom. The largest absolute Gasteiger partial charge is 0.241 e. The molecule has 1 aromatic carbocycles. The van der Waals surface area contributed by atoms with Gasteiger partial charge in [-0.25, -0.2) is 17.5 Å². The zero-order chi connectivity index (χ0) is 13.2. The third kappa shape index (κ3) is 3.51. The van der Waals surface area contributed by atoms with Crippen molar-refractivity contribution in [3.63, 3.8) is 0 Å². The van der Waals surface area contributed by atoms with E-state index in [2.05, 4.69) is 4.72 Å². The van der Waals surface area contributed by atoms with Crippen molar-refractivity contribution in [3.8, 4) is 0 Å². The molecule has 1 N–H and O–H groups in total. The summed E-state index contributed by atoms with van der Waals surface area (Å²) in [6.07, 6.45) is 0. The van der Waals surface area contributed by atoms with E-state index in [-0.39, 0.29) is 10.8 Å². The Bertz CT molecular complexity index is 486. The molecule has 0 spiro atoms. The quantitative estimate of drug-likeness (QED) is 0.902. The second-order valence-electron chi connectivity index (χ2n) is 4.61. The van der Waals surface area contributed by atoms with Crippen LogP contribution in [0.2, 0.25) is 0 Å². The highest BCUT2D eigenvalue weighted by Crippen LogP contribution is 2.21. The van der Waals surface area contributed by atoms with Crippen molar-refractivity contribution in [2.24, 2.45) is 5.92 Å². The molecule has 0 heterocycles. The summed E-state index contributed by atoms with van der Waals surface area (Å²) in [4.78, 5) is 0.180. The molecule has 0 aliphatic rings. The summed E-state index contributed by atoms with van der Waals surface area (Å²) in [6.45, 7) is 7.42. The first-order valence-electron chi connectivity index (χ1n) is 5.50. The Morgan fingerprint density at radius 2 is 1.71 bits per heavy atom. The highest BCUT2D eigenvalue weighted by molar-refractivity contribution is 7.89. The number of hydrogen-bond acceptors (Lipinski definition) is 2. The molecular weight excluding hydrogens is 241 g/mol. The number of sulfonamides is 1. The highest BCUT2D eigenvalue weighted by Gasteiger charge is 2.20. The third-order valence-electron chi connectivity index (χ3n) is 2.38. The van der Waals surface area contributed by atoms with E-state index >= 15 is 0 Å². The molecule has 0 aromatic heterocycles. The first-order valence-corrected chi connectivity index (χ1v) is 6.98. The van der Waals surface area contributed by atoms with Crippen LogP contribution in [0.5, 0.6) is 0 Å². The van der Waals surface area contributed by atoms with E-state index in [0.717, 1.165) is 0 Å². The van der Waals surface area contributed by atoms with Crippen LogP contribution in [-0.4, -0.2) is 15.0 Å². The van der Waals surface area contributed by atoms with Crippen LogP contribution in [0.3, 0.4) is 0 Å². The Morgan fingerprint density at radius 3 is 2.12 bits per heavy atom. The summed E-state index contributed by atoms with van der Waals surface area (Å²) in [7, 11) is -3.55. The van der Waals surface area contributed by atoms with Gasteiger partial charge >= 0.3 is 0 Å². The maximum absolute atomic E-state index is 13.1. The van der Waals surface area contributed by atoms with Crippen LogP contribution in [0.25, 0.3) is 0 Å². The summed E-state index contributed by atoms with van der Waals surface area (Å²) in [5.41, 5.74) is 0.859. The lowest BCUT2D eigenvalue weighted by Gasteiger charge is -2.13. The monoisotopic (exact) mass is 259 g/mol. The van der Waals surface area contributed by atoms with Crippen molar-refractivity contribution < 1.29 is 12.8 Å². The zero-order valence-electron chi connectivity index (χ0n) is 10.5. The van der Waals surface area contributed by atoms with Crippen molar-refractivity contribution in [2.45, 2.75) is 32.6 Å². The van der Waals surface area contributed by atoms with E-state index in [1.54, 1.807) is 13.8 Å². The van der Waals surface area contributed by atoms with Gasteiger partial charge in [-0.3, -0.25) is 0 Å². The van der Waals surface area contributed by atoms with Crippen LogP contribution in [0.15, 0.2) is 17.0 Å². The van der Waals surface area contributed by atoms with Gasteiger partial charge in [-0.15, -0.1) is 0 Å². The lowest BCUT2D eigenvalue weighted by Crippen LogP contribution is -2.28. The van der Waals surface area contributed by atoms with Gasteiger partial charge in [-0.1, -0.05) is 13.8 Å². The van der Waals surface area contributed by atoms with Gasteiger partial charge in [-0.2, -0.15) is 0 Å². The fourth-order valence-electron chi connectivity index (χ4n) is 1.67. The predicted octanol–water partition coefficient (Wildman–Crippen LogP) is 2.38. The van der Waals surface area contributed by atoms with Crippen LogP contribution < -0.4 is 4.72 Å². The van der Waals surface area contributed by atoms with E-state index in [1.165, 1.54) is 12.1 Å². The third-order valence-corrected chi connectivity index (χ3v) is 4.10. The van der Waals surface area contributed by atoms with Gasteiger partial charge < -0.3 is 0 Å². The second kappa shape index (κ2) is 5.14. The molecule has 3 nitrogen and oxygen atoms in total. The van der Waals surface area contributed by atoms with Gasteiger partial charge in [0, 0.05) is 6.54 Å². The fraction of sp³-hybridized carbons (Fsp3) is 0.500. The van der Waals surface area contributed by atoms with Gasteiger partial charge in [0.1, 0.15) is 5.82 Å². The average molecular weight is 259 g/mol. The highest BCUT2D eigenvalue weighted by atomic mass is 32.2. The molecule has 1 aromatic rings. The molecule has 0 aliphatic carbocycles. The number of rotatable bonds is 4. The van der Waals surface area contributed by atoms with Crippen LogP contribution in [0, 0.1) is 25.6 Å². The van der Waals surface area contributed by atoms with Gasteiger partial charge in [0.2, 0.25) is 10.0 Å². The predicted molar refractivity (Wildman–Crippen MR) is 65.9 cm³/mol. The maximum atomic E-state index is 13.1. The van der Waals surface area contributed by atoms with Crippen molar-refractivity contribution >= 4 is 10.0 Å². The fourth-order valence-corrected chi connectivity index (χ4v) is 3.33. The average Bonchev–Trinajstić information content (AvgIpc) is 2.12. The molecule has 0 aliphatic heterocycles. The first kappa shape index (κ1) is 14.1. The van der Waals surface area contributed by atoms with Crippen LogP contribution in [0.1, 0.15) is 25.0 Å². The first-order chi connectivity index (χ1) is 7.74. The normalized spacial score (nSPS) is 12.1. The number of nitrogens with one attached hydrogen (secondary N) is 1. The molecule has 0 saturated heterocycles. The van der Waals surface area contributed by atoms with Crippen molar-refractivity contribution in [1.82, 2.24) is 4.72 Å². The van der Waals surface area contributed by atoms with E-state index < -0.39 is 15.8 Å². The standard InChI is InChI=1S/C12H18FNO2S/c1-8(2)7-14-17(15,16)12-9(3)5-11(13)6-10(12)4/h5-6,8,14H,7H2,1-4H3. The number of hydrogen-bond donors (Lipinski definition) is 1. The number of halogens is 1. The molecule has 5 heteroatoms. The van der Waals surface area contributed by atoms with E-state index in [4.69, 9.17) is 0 Å². The minimum atomic E-state index is -3.55. The van der Waals surface area contributed by atoms with Crippen LogP contribution in [-0.2, 0) is 10.0 Å². The second-order valence-corrected chi connectivity index (χ2v) is 6.32. The van der Waals surface area contributed by atoms with Crippen molar-refractivity contribution in [3.05, 3.63) is 29.1 Å². The molecule has 17 heavy (non-hydrogen) atoms. The molecule has 0 saturated carbocycles. The van der Waals surface area contributed by atoms with Crippen molar-refractivity contribution in [1.29, 1.82) is 0 Å². The topological polar surface area (TPSA) is 46.2 Å². The Balaban J connectivity index is 3.16.